The summed E-state index contributed by atoms with van der Waals surface area (Å²) in [5.74, 6) is 0.477. The summed E-state index contributed by atoms with van der Waals surface area (Å²) in [5.41, 5.74) is 2.30. The molecule has 0 radical (unpaired) electrons. The molecule has 2 aromatic carbocycles. The molecule has 1 aliphatic heterocycles. The van der Waals surface area contributed by atoms with Gasteiger partial charge in [0.15, 0.2) is 0 Å². The smallest absolute Gasteiger partial charge is 0.0765 e. The van der Waals surface area contributed by atoms with Gasteiger partial charge in [-0.15, -0.1) is 0 Å². The van der Waals surface area contributed by atoms with Gasteiger partial charge < -0.3 is 15.4 Å². The Labute approximate surface area is 137 Å². The lowest BCUT2D eigenvalue weighted by Crippen LogP contribution is -2.42. The van der Waals surface area contributed by atoms with E-state index < -0.39 is 0 Å². The molecule has 1 fully saturated rings. The van der Waals surface area contributed by atoms with Gasteiger partial charge in [-0.25, -0.2) is 0 Å². The van der Waals surface area contributed by atoms with E-state index in [0.717, 1.165) is 31.8 Å². The van der Waals surface area contributed by atoms with E-state index in [4.69, 9.17) is 4.74 Å². The molecule has 0 aromatic heterocycles. The SMILES string of the molecule is C1=CC([C@H]2CNCCO2)CC=C1Nc1ccc2ccccc2c1. The monoisotopic (exact) mass is 306 g/mol. The van der Waals surface area contributed by atoms with Crippen LogP contribution in [0.3, 0.4) is 0 Å². The van der Waals surface area contributed by atoms with Crippen molar-refractivity contribution in [2.24, 2.45) is 5.92 Å². The fourth-order valence-corrected chi connectivity index (χ4v) is 3.30. The normalized spacial score (nSPS) is 24.4. The number of anilines is 1. The summed E-state index contributed by atoms with van der Waals surface area (Å²) in [7, 11) is 0. The quantitative estimate of drug-likeness (QED) is 0.907. The van der Waals surface area contributed by atoms with Gasteiger partial charge in [0, 0.05) is 30.4 Å². The highest BCUT2D eigenvalue weighted by Crippen LogP contribution is 2.25. The lowest BCUT2D eigenvalue weighted by atomic mass is 9.93. The van der Waals surface area contributed by atoms with Crippen molar-refractivity contribution in [1.29, 1.82) is 0 Å². The first kappa shape index (κ1) is 14.5. The second-order valence-corrected chi connectivity index (χ2v) is 6.22. The molecule has 0 saturated carbocycles. The van der Waals surface area contributed by atoms with Crippen molar-refractivity contribution in [1.82, 2.24) is 5.32 Å². The second kappa shape index (κ2) is 6.57. The average molecular weight is 306 g/mol. The minimum absolute atomic E-state index is 0.304. The third-order valence-corrected chi connectivity index (χ3v) is 4.60. The van der Waals surface area contributed by atoms with E-state index in [2.05, 4.69) is 71.3 Å². The van der Waals surface area contributed by atoms with Crippen LogP contribution in [0.15, 0.2) is 66.4 Å². The van der Waals surface area contributed by atoms with Crippen LogP contribution in [-0.2, 0) is 4.74 Å². The Hall–Kier alpha value is -2.10. The molecule has 1 aliphatic carbocycles. The highest BCUT2D eigenvalue weighted by Gasteiger charge is 2.23. The van der Waals surface area contributed by atoms with Gasteiger partial charge in [-0.2, -0.15) is 0 Å². The maximum atomic E-state index is 5.86. The van der Waals surface area contributed by atoms with Crippen molar-refractivity contribution in [3.8, 4) is 0 Å². The number of fused-ring (bicyclic) bond motifs is 1. The summed E-state index contributed by atoms with van der Waals surface area (Å²) >= 11 is 0. The Kier molecular flexibility index (Phi) is 4.14. The Morgan fingerprint density at radius 1 is 1.09 bits per heavy atom. The van der Waals surface area contributed by atoms with Gasteiger partial charge in [0.05, 0.1) is 12.7 Å². The molecule has 2 aliphatic rings. The largest absolute Gasteiger partial charge is 0.375 e. The van der Waals surface area contributed by atoms with Crippen molar-refractivity contribution in [3.63, 3.8) is 0 Å². The van der Waals surface area contributed by atoms with Gasteiger partial charge in [-0.05, 0) is 35.4 Å². The predicted octanol–water partition coefficient (Wildman–Crippen LogP) is 3.70. The minimum Gasteiger partial charge on any atom is -0.375 e. The summed E-state index contributed by atoms with van der Waals surface area (Å²) in [6.45, 7) is 2.74. The van der Waals surface area contributed by atoms with Crippen LogP contribution < -0.4 is 10.6 Å². The molecule has 1 heterocycles. The maximum absolute atomic E-state index is 5.86. The summed E-state index contributed by atoms with van der Waals surface area (Å²) in [6.07, 6.45) is 8.07. The number of nitrogens with one attached hydrogen (secondary N) is 2. The standard InChI is InChI=1S/C20H22N2O/c1-2-4-17-13-19(10-5-15(17)3-1)22-18-8-6-16(7-9-18)20-14-21-11-12-23-20/h1-6,8-10,13,16,20-22H,7,11-12,14H2/t16?,20-/m1/s1. The van der Waals surface area contributed by atoms with Crippen LogP contribution in [0.1, 0.15) is 6.42 Å². The van der Waals surface area contributed by atoms with Crippen LogP contribution in [0.25, 0.3) is 10.8 Å². The third kappa shape index (κ3) is 3.31. The van der Waals surface area contributed by atoms with E-state index in [-0.39, 0.29) is 0 Å². The van der Waals surface area contributed by atoms with E-state index in [0.29, 0.717) is 12.0 Å². The molecule has 2 atom stereocenters. The number of morpholine rings is 1. The molecule has 4 rings (SSSR count). The Bertz CT molecular complexity index is 744. The minimum atomic E-state index is 0.304. The summed E-state index contributed by atoms with van der Waals surface area (Å²) in [5, 5.41) is 9.45. The summed E-state index contributed by atoms with van der Waals surface area (Å²) in [4.78, 5) is 0. The highest BCUT2D eigenvalue weighted by molar-refractivity contribution is 5.86. The van der Waals surface area contributed by atoms with Crippen LogP contribution in [0.2, 0.25) is 0 Å². The first-order valence-corrected chi connectivity index (χ1v) is 8.35. The van der Waals surface area contributed by atoms with Gasteiger partial charge in [0.2, 0.25) is 0 Å². The second-order valence-electron chi connectivity index (χ2n) is 6.22. The molecular weight excluding hydrogens is 284 g/mol. The number of allylic oxidation sites excluding steroid dienone is 2. The first-order valence-electron chi connectivity index (χ1n) is 8.35. The van der Waals surface area contributed by atoms with Crippen LogP contribution in [0, 0.1) is 5.92 Å². The van der Waals surface area contributed by atoms with E-state index >= 15 is 0 Å². The topological polar surface area (TPSA) is 33.3 Å². The van der Waals surface area contributed by atoms with Crippen molar-refractivity contribution < 1.29 is 4.74 Å². The van der Waals surface area contributed by atoms with E-state index in [1.807, 2.05) is 0 Å². The van der Waals surface area contributed by atoms with Crippen molar-refractivity contribution in [3.05, 3.63) is 66.4 Å². The Morgan fingerprint density at radius 2 is 2.00 bits per heavy atom. The molecule has 2 aromatic rings. The molecule has 1 unspecified atom stereocenters. The number of hydrogen-bond donors (Lipinski definition) is 2. The molecule has 3 nitrogen and oxygen atoms in total. The predicted molar refractivity (Wildman–Crippen MR) is 95.5 cm³/mol. The number of benzene rings is 2. The Balaban J connectivity index is 1.43. The van der Waals surface area contributed by atoms with Crippen molar-refractivity contribution >= 4 is 16.5 Å². The maximum Gasteiger partial charge on any atom is 0.0765 e. The van der Waals surface area contributed by atoms with E-state index in [1.165, 1.54) is 16.5 Å². The molecule has 118 valence electrons. The van der Waals surface area contributed by atoms with Crippen LogP contribution in [-0.4, -0.2) is 25.8 Å². The number of hydrogen-bond acceptors (Lipinski definition) is 3. The average Bonchev–Trinajstić information content (AvgIpc) is 2.63. The molecule has 2 N–H and O–H groups in total. The zero-order valence-electron chi connectivity index (χ0n) is 13.2. The van der Waals surface area contributed by atoms with Gasteiger partial charge in [0.1, 0.15) is 0 Å². The number of ether oxygens (including phenoxy) is 1. The lowest BCUT2D eigenvalue weighted by molar-refractivity contribution is 0.00355. The van der Waals surface area contributed by atoms with Crippen LogP contribution in [0.5, 0.6) is 0 Å². The molecule has 0 amide bonds. The molecule has 1 saturated heterocycles. The van der Waals surface area contributed by atoms with Crippen LogP contribution in [0.4, 0.5) is 5.69 Å². The zero-order valence-corrected chi connectivity index (χ0v) is 13.2. The number of rotatable bonds is 3. The van der Waals surface area contributed by atoms with Gasteiger partial charge in [-0.3, -0.25) is 0 Å². The van der Waals surface area contributed by atoms with Crippen molar-refractivity contribution in [2.45, 2.75) is 12.5 Å². The fourth-order valence-electron chi connectivity index (χ4n) is 3.30. The van der Waals surface area contributed by atoms with Crippen LogP contribution >= 0.6 is 0 Å². The highest BCUT2D eigenvalue weighted by atomic mass is 16.5. The molecular formula is C20H22N2O. The summed E-state index contributed by atoms with van der Waals surface area (Å²) < 4.78 is 5.86. The Morgan fingerprint density at radius 3 is 2.78 bits per heavy atom. The summed E-state index contributed by atoms with van der Waals surface area (Å²) in [6, 6.07) is 14.9. The first-order chi connectivity index (χ1) is 11.4. The fraction of sp³-hybridized carbons (Fsp3) is 0.300. The molecule has 3 heteroatoms. The van der Waals surface area contributed by atoms with Gasteiger partial charge >= 0.3 is 0 Å². The van der Waals surface area contributed by atoms with Gasteiger partial charge in [0.25, 0.3) is 0 Å². The van der Waals surface area contributed by atoms with Crippen molar-refractivity contribution in [2.75, 3.05) is 25.0 Å². The van der Waals surface area contributed by atoms with E-state index in [1.54, 1.807) is 0 Å². The third-order valence-electron chi connectivity index (χ3n) is 4.60. The van der Waals surface area contributed by atoms with Gasteiger partial charge in [-0.1, -0.05) is 42.5 Å². The molecule has 0 spiro atoms. The lowest BCUT2D eigenvalue weighted by Gasteiger charge is -2.30. The molecule has 23 heavy (non-hydrogen) atoms. The van der Waals surface area contributed by atoms with E-state index in [9.17, 15) is 0 Å². The molecule has 0 bridgehead atoms. The zero-order chi connectivity index (χ0) is 15.5.